The molecule has 2 heterocycles. The number of hydrogen-bond donors (Lipinski definition) is 3. The van der Waals surface area contributed by atoms with Gasteiger partial charge in [-0.1, -0.05) is 12.6 Å². The van der Waals surface area contributed by atoms with Crippen LogP contribution in [0, 0.1) is 19.3 Å². The van der Waals surface area contributed by atoms with Gasteiger partial charge in [0.05, 0.1) is 46.9 Å². The topological polar surface area (TPSA) is 117 Å². The maximum atomic E-state index is 8.89. The van der Waals surface area contributed by atoms with Crippen molar-refractivity contribution in [3.8, 4) is 11.3 Å². The van der Waals surface area contributed by atoms with Crippen LogP contribution in [0.25, 0.3) is 11.3 Å². The number of nitrogens with zero attached hydrogens (tertiary/aromatic N) is 4. The zero-order valence-corrected chi connectivity index (χ0v) is 19.5. The third-order valence-electron chi connectivity index (χ3n) is 5.58. The normalized spacial score (nSPS) is 19.1. The van der Waals surface area contributed by atoms with E-state index in [1.165, 1.54) is 5.01 Å². The van der Waals surface area contributed by atoms with Crippen molar-refractivity contribution in [3.05, 3.63) is 65.4 Å². The molecule has 8 heteroatoms. The molecular weight excluding hydrogens is 402 g/mol. The van der Waals surface area contributed by atoms with Crippen LogP contribution in [0.1, 0.15) is 32.2 Å². The molecule has 5 N–H and O–H groups in total. The molecule has 0 radical (unpaired) electrons. The first kappa shape index (κ1) is 23.4. The lowest BCUT2D eigenvalue weighted by Crippen LogP contribution is -2.44. The predicted molar refractivity (Wildman–Crippen MR) is 131 cm³/mol. The average molecular weight is 438 g/mol. The van der Waals surface area contributed by atoms with Crippen LogP contribution in [-0.2, 0) is 4.74 Å². The van der Waals surface area contributed by atoms with Gasteiger partial charge in [-0.3, -0.25) is 10.4 Å². The summed E-state index contributed by atoms with van der Waals surface area (Å²) in [5, 5.41) is 10.3. The van der Waals surface area contributed by atoms with E-state index in [2.05, 4.69) is 21.4 Å². The summed E-state index contributed by atoms with van der Waals surface area (Å²) in [5.74, 6) is 6.12. The summed E-state index contributed by atoms with van der Waals surface area (Å²) >= 11 is 0. The van der Waals surface area contributed by atoms with Crippen molar-refractivity contribution in [2.75, 3.05) is 25.9 Å². The summed E-state index contributed by atoms with van der Waals surface area (Å²) in [6.45, 7) is 13.6. The molecule has 0 aliphatic carbocycles. The molecule has 1 fully saturated rings. The molecule has 0 spiro atoms. The molecule has 0 saturated carbocycles. The summed E-state index contributed by atoms with van der Waals surface area (Å²) in [5.41, 5.74) is 12.1. The molecule has 32 heavy (non-hydrogen) atoms. The van der Waals surface area contributed by atoms with Gasteiger partial charge in [-0.05, 0) is 45.9 Å². The molecule has 0 amide bonds. The number of aromatic nitrogens is 2. The smallest absolute Gasteiger partial charge is 0.0888 e. The molecule has 0 unspecified atom stereocenters. The lowest BCUT2D eigenvalue weighted by Gasteiger charge is -2.37. The number of nitrogens with two attached hydrogens (primary N) is 2. The fourth-order valence-corrected chi connectivity index (χ4v) is 3.76. The molecular formula is C24H35N7O. The Morgan fingerprint density at radius 3 is 2.53 bits per heavy atom. The highest BCUT2D eigenvalue weighted by Crippen LogP contribution is 2.26. The SMILES string of the molecule is C=C(/C=C(/C(=N)c1cc(-c2cnc(C)c(C)n2)ccc1N)N(C)N)N1C[C@@H](C)O[C@@H](C)C1.[HH]. The van der Waals surface area contributed by atoms with Gasteiger partial charge in [0.15, 0.2) is 0 Å². The van der Waals surface area contributed by atoms with E-state index in [-0.39, 0.29) is 19.3 Å². The first-order valence-corrected chi connectivity index (χ1v) is 10.7. The fourth-order valence-electron chi connectivity index (χ4n) is 3.76. The quantitative estimate of drug-likeness (QED) is 0.209. The third kappa shape index (κ3) is 5.15. The van der Waals surface area contributed by atoms with Crippen molar-refractivity contribution < 1.29 is 6.16 Å². The van der Waals surface area contributed by atoms with Crippen molar-refractivity contribution in [2.45, 2.75) is 39.9 Å². The number of morpholine rings is 1. The summed E-state index contributed by atoms with van der Waals surface area (Å²) in [6, 6.07) is 5.52. The molecule has 172 valence electrons. The Hall–Kier alpha value is -3.23. The first-order valence-electron chi connectivity index (χ1n) is 10.7. The summed E-state index contributed by atoms with van der Waals surface area (Å²) in [4.78, 5) is 11.2. The maximum Gasteiger partial charge on any atom is 0.0888 e. The lowest BCUT2D eigenvalue weighted by atomic mass is 10.00. The van der Waals surface area contributed by atoms with Crippen LogP contribution < -0.4 is 11.6 Å². The predicted octanol–water partition coefficient (Wildman–Crippen LogP) is 3.27. The number of anilines is 1. The molecule has 2 atom stereocenters. The number of allylic oxidation sites excluding steroid dienone is 2. The molecule has 3 rings (SSSR count). The van der Waals surface area contributed by atoms with E-state index >= 15 is 0 Å². The summed E-state index contributed by atoms with van der Waals surface area (Å²) in [7, 11) is 1.70. The van der Waals surface area contributed by atoms with Crippen molar-refractivity contribution in [3.63, 3.8) is 0 Å². The van der Waals surface area contributed by atoms with Gasteiger partial charge in [-0.15, -0.1) is 0 Å². The maximum absolute atomic E-state index is 8.89. The van der Waals surface area contributed by atoms with E-state index in [1.54, 1.807) is 19.3 Å². The average Bonchev–Trinajstić information content (AvgIpc) is 2.72. The largest absolute Gasteiger partial charge is 0.398 e. The van der Waals surface area contributed by atoms with Crippen LogP contribution in [0.5, 0.6) is 0 Å². The number of nitrogen functional groups attached to an aromatic ring is 1. The van der Waals surface area contributed by atoms with Gasteiger partial charge in [0, 0.05) is 44.1 Å². The summed E-state index contributed by atoms with van der Waals surface area (Å²) in [6.07, 6.45) is 3.77. The van der Waals surface area contributed by atoms with Crippen molar-refractivity contribution in [1.82, 2.24) is 19.9 Å². The Bertz CT molecular complexity index is 1060. The first-order chi connectivity index (χ1) is 15.1. The number of hydrogen-bond acceptors (Lipinski definition) is 8. The van der Waals surface area contributed by atoms with Crippen molar-refractivity contribution in [1.29, 1.82) is 5.41 Å². The van der Waals surface area contributed by atoms with Gasteiger partial charge in [-0.25, -0.2) is 10.8 Å². The van der Waals surface area contributed by atoms with Crippen LogP contribution >= 0.6 is 0 Å². The molecule has 1 aromatic heterocycles. The summed E-state index contributed by atoms with van der Waals surface area (Å²) < 4.78 is 5.81. The molecule has 8 nitrogen and oxygen atoms in total. The number of likely N-dealkylation sites (N-methyl/N-ethyl adjacent to an activating group) is 1. The minimum absolute atomic E-state index is 0. The Kier molecular flexibility index (Phi) is 6.96. The standard InChI is InChI=1S/C24H33N7O.H2/c1-14(31-12-15(2)32-16(3)13-31)9-23(30(6)27)24(26)20-10-19(7-8-21(20)25)22-11-28-17(4)18(5)29-22;/h7-11,15-16,26H,1,12-13,25,27H2,2-6H3;1H/b23-9-,26-24?;/t15-,16+;. The zero-order valence-electron chi connectivity index (χ0n) is 19.5. The van der Waals surface area contributed by atoms with Gasteiger partial charge in [0.25, 0.3) is 0 Å². The van der Waals surface area contributed by atoms with E-state index in [0.717, 1.165) is 41.4 Å². The Morgan fingerprint density at radius 1 is 1.28 bits per heavy atom. The third-order valence-corrected chi connectivity index (χ3v) is 5.58. The second kappa shape index (κ2) is 9.50. The molecule has 1 aromatic carbocycles. The Morgan fingerprint density at radius 2 is 1.94 bits per heavy atom. The van der Waals surface area contributed by atoms with Crippen LogP contribution in [0.3, 0.4) is 0 Å². The van der Waals surface area contributed by atoms with Gasteiger partial charge in [0.1, 0.15) is 0 Å². The van der Waals surface area contributed by atoms with E-state index in [1.807, 2.05) is 45.9 Å². The second-order valence-corrected chi connectivity index (χ2v) is 8.40. The van der Waals surface area contributed by atoms with E-state index in [9.17, 15) is 0 Å². The number of benzene rings is 1. The van der Waals surface area contributed by atoms with E-state index in [4.69, 9.17) is 21.7 Å². The van der Waals surface area contributed by atoms with Crippen LogP contribution in [0.4, 0.5) is 5.69 Å². The zero-order chi connectivity index (χ0) is 23.6. The molecule has 2 aromatic rings. The molecule has 1 aliphatic heterocycles. The highest BCUT2D eigenvalue weighted by atomic mass is 16.5. The highest BCUT2D eigenvalue weighted by Gasteiger charge is 2.23. The fraction of sp³-hybridized carbons (Fsp3) is 0.375. The Balaban J connectivity index is 0.00000385. The van der Waals surface area contributed by atoms with Crippen molar-refractivity contribution in [2.24, 2.45) is 5.84 Å². The number of hydrazine groups is 1. The molecule has 1 saturated heterocycles. The van der Waals surface area contributed by atoms with E-state index < -0.39 is 0 Å². The van der Waals surface area contributed by atoms with Gasteiger partial charge in [0.2, 0.25) is 0 Å². The number of nitrogens with one attached hydrogen (secondary N) is 1. The number of aryl methyl sites for hydroxylation is 2. The second-order valence-electron chi connectivity index (χ2n) is 8.40. The van der Waals surface area contributed by atoms with Gasteiger partial charge in [-0.2, -0.15) is 0 Å². The number of rotatable bonds is 6. The lowest BCUT2D eigenvalue weighted by molar-refractivity contribution is -0.0566. The van der Waals surface area contributed by atoms with Crippen molar-refractivity contribution >= 4 is 11.4 Å². The minimum atomic E-state index is 0. The minimum Gasteiger partial charge on any atom is -0.398 e. The van der Waals surface area contributed by atoms with E-state index in [0.29, 0.717) is 16.9 Å². The molecule has 1 aliphatic rings. The van der Waals surface area contributed by atoms with Crippen LogP contribution in [0.15, 0.2) is 48.4 Å². The number of ether oxygens (including phenoxy) is 1. The van der Waals surface area contributed by atoms with Gasteiger partial charge < -0.3 is 20.4 Å². The Labute approximate surface area is 191 Å². The van der Waals surface area contributed by atoms with Crippen LogP contribution in [-0.4, -0.2) is 57.9 Å². The molecule has 0 bridgehead atoms. The van der Waals surface area contributed by atoms with Crippen LogP contribution in [0.2, 0.25) is 0 Å². The monoisotopic (exact) mass is 437 g/mol. The van der Waals surface area contributed by atoms with Gasteiger partial charge >= 0.3 is 0 Å². The highest BCUT2D eigenvalue weighted by molar-refractivity contribution is 6.13.